The highest BCUT2D eigenvalue weighted by Gasteiger charge is 1.93. The van der Waals surface area contributed by atoms with Crippen molar-refractivity contribution in [2.45, 2.75) is 6.92 Å². The minimum atomic E-state index is -0.528. The first-order chi connectivity index (χ1) is 4.81. The largest absolute Gasteiger partial charge is 0.449 e. The SMILES string of the molecule is CCOC(=O)N/N=C\CBr. The summed E-state index contributed by atoms with van der Waals surface area (Å²) in [5.41, 5.74) is 2.16. The Hall–Kier alpha value is -0.580. The zero-order chi connectivity index (χ0) is 7.82. The molecule has 5 heteroatoms. The summed E-state index contributed by atoms with van der Waals surface area (Å²) in [5, 5.41) is 4.12. The molecule has 0 radical (unpaired) electrons. The third-order valence-electron chi connectivity index (χ3n) is 0.592. The maximum atomic E-state index is 10.5. The molecule has 0 aromatic rings. The molecule has 0 saturated heterocycles. The number of ether oxygens (including phenoxy) is 1. The number of amides is 1. The van der Waals surface area contributed by atoms with Gasteiger partial charge in [-0.25, -0.2) is 10.2 Å². The van der Waals surface area contributed by atoms with E-state index in [1.54, 1.807) is 6.92 Å². The summed E-state index contributed by atoms with van der Waals surface area (Å²) in [5.74, 6) is 0. The van der Waals surface area contributed by atoms with Crippen LogP contribution < -0.4 is 5.43 Å². The van der Waals surface area contributed by atoms with E-state index < -0.39 is 6.09 Å². The lowest BCUT2D eigenvalue weighted by atomic mass is 10.9. The van der Waals surface area contributed by atoms with Crippen LogP contribution in [0.15, 0.2) is 5.10 Å². The minimum absolute atomic E-state index is 0.357. The Morgan fingerprint density at radius 1 is 1.90 bits per heavy atom. The molecule has 0 saturated carbocycles. The van der Waals surface area contributed by atoms with E-state index in [-0.39, 0.29) is 0 Å². The fraction of sp³-hybridized carbons (Fsp3) is 0.600. The van der Waals surface area contributed by atoms with Gasteiger partial charge in [0.25, 0.3) is 0 Å². The van der Waals surface area contributed by atoms with Crippen molar-refractivity contribution in [3.63, 3.8) is 0 Å². The van der Waals surface area contributed by atoms with Crippen LogP contribution in [0, 0.1) is 0 Å². The lowest BCUT2D eigenvalue weighted by Crippen LogP contribution is -2.18. The Labute approximate surface area is 67.8 Å². The Balaban J connectivity index is 3.30. The molecule has 0 heterocycles. The van der Waals surface area contributed by atoms with Gasteiger partial charge in [-0.1, -0.05) is 15.9 Å². The molecule has 0 spiro atoms. The lowest BCUT2D eigenvalue weighted by molar-refractivity contribution is 0.152. The van der Waals surface area contributed by atoms with E-state index in [4.69, 9.17) is 0 Å². The molecule has 58 valence electrons. The number of hydrogen-bond donors (Lipinski definition) is 1. The second-order valence-corrected chi connectivity index (χ2v) is 1.95. The molecule has 10 heavy (non-hydrogen) atoms. The number of carbonyl (C=O) groups excluding carboxylic acids is 1. The number of rotatable bonds is 3. The topological polar surface area (TPSA) is 50.7 Å². The molecule has 0 rings (SSSR count). The monoisotopic (exact) mass is 208 g/mol. The number of nitrogens with zero attached hydrogens (tertiary/aromatic N) is 1. The number of nitrogens with one attached hydrogen (secondary N) is 1. The molecule has 0 bridgehead atoms. The number of carbonyl (C=O) groups is 1. The molecule has 0 aliphatic carbocycles. The quantitative estimate of drug-likeness (QED) is 0.430. The van der Waals surface area contributed by atoms with E-state index >= 15 is 0 Å². The van der Waals surface area contributed by atoms with Gasteiger partial charge in [-0.05, 0) is 6.92 Å². The first kappa shape index (κ1) is 9.42. The minimum Gasteiger partial charge on any atom is -0.449 e. The summed E-state index contributed by atoms with van der Waals surface area (Å²) < 4.78 is 4.51. The smallest absolute Gasteiger partial charge is 0.427 e. The summed E-state index contributed by atoms with van der Waals surface area (Å²) in [6, 6.07) is 0. The van der Waals surface area contributed by atoms with Gasteiger partial charge in [-0.2, -0.15) is 5.10 Å². The highest BCUT2D eigenvalue weighted by Crippen LogP contribution is 1.76. The van der Waals surface area contributed by atoms with Crippen LogP contribution in [0.5, 0.6) is 0 Å². The van der Waals surface area contributed by atoms with Gasteiger partial charge >= 0.3 is 6.09 Å². The van der Waals surface area contributed by atoms with E-state index in [1.165, 1.54) is 6.21 Å². The van der Waals surface area contributed by atoms with Crippen molar-refractivity contribution in [3.8, 4) is 0 Å². The van der Waals surface area contributed by atoms with Crippen molar-refractivity contribution < 1.29 is 9.53 Å². The van der Waals surface area contributed by atoms with Crippen LogP contribution in [-0.2, 0) is 4.74 Å². The Morgan fingerprint density at radius 3 is 3.10 bits per heavy atom. The Bertz CT molecular complexity index is 127. The van der Waals surface area contributed by atoms with Crippen LogP contribution in [0.3, 0.4) is 0 Å². The number of halogens is 1. The third kappa shape index (κ3) is 5.55. The maximum absolute atomic E-state index is 10.5. The lowest BCUT2D eigenvalue weighted by Gasteiger charge is -1.97. The first-order valence-corrected chi connectivity index (χ1v) is 3.93. The Morgan fingerprint density at radius 2 is 2.60 bits per heavy atom. The van der Waals surface area contributed by atoms with Gasteiger partial charge in [0.1, 0.15) is 0 Å². The molecular formula is C5H9BrN2O2. The van der Waals surface area contributed by atoms with Gasteiger partial charge in [0.15, 0.2) is 0 Å². The highest BCUT2D eigenvalue weighted by molar-refractivity contribution is 9.09. The van der Waals surface area contributed by atoms with Gasteiger partial charge in [0, 0.05) is 11.5 Å². The second kappa shape index (κ2) is 6.54. The number of hydrazone groups is 1. The van der Waals surface area contributed by atoms with Crippen molar-refractivity contribution in [2.24, 2.45) is 5.10 Å². The number of alkyl halides is 1. The average Bonchev–Trinajstić information content (AvgIpc) is 1.89. The molecule has 0 unspecified atom stereocenters. The third-order valence-corrected chi connectivity index (χ3v) is 0.881. The standard InChI is InChI=1S/C5H9BrN2O2/c1-2-10-5(9)8-7-4-3-6/h4H,2-3H2,1H3,(H,8,9)/b7-4-. The van der Waals surface area contributed by atoms with Crippen molar-refractivity contribution in [3.05, 3.63) is 0 Å². The fourth-order valence-electron chi connectivity index (χ4n) is 0.296. The first-order valence-electron chi connectivity index (χ1n) is 2.81. The predicted molar refractivity (Wildman–Crippen MR) is 42.4 cm³/mol. The molecule has 0 aromatic heterocycles. The van der Waals surface area contributed by atoms with Gasteiger partial charge in [0.2, 0.25) is 0 Å². The Kier molecular flexibility index (Phi) is 6.16. The molecular weight excluding hydrogens is 200 g/mol. The predicted octanol–water partition coefficient (Wildman–Crippen LogP) is 1.11. The molecule has 1 amide bonds. The summed E-state index contributed by atoms with van der Waals surface area (Å²) in [6.07, 6.45) is 0.983. The van der Waals surface area contributed by atoms with E-state index in [0.29, 0.717) is 11.9 Å². The van der Waals surface area contributed by atoms with Gasteiger partial charge in [0.05, 0.1) is 6.61 Å². The highest BCUT2D eigenvalue weighted by atomic mass is 79.9. The van der Waals surface area contributed by atoms with Crippen molar-refractivity contribution >= 4 is 28.2 Å². The zero-order valence-electron chi connectivity index (χ0n) is 5.63. The van der Waals surface area contributed by atoms with E-state index in [2.05, 4.69) is 31.2 Å². The van der Waals surface area contributed by atoms with Gasteiger partial charge < -0.3 is 4.74 Å². The van der Waals surface area contributed by atoms with E-state index in [9.17, 15) is 4.79 Å². The van der Waals surface area contributed by atoms with Crippen molar-refractivity contribution in [1.82, 2.24) is 5.43 Å². The molecule has 0 atom stereocenters. The molecule has 0 fully saturated rings. The van der Waals surface area contributed by atoms with Crippen LogP contribution in [0.1, 0.15) is 6.92 Å². The zero-order valence-corrected chi connectivity index (χ0v) is 7.22. The molecule has 1 N–H and O–H groups in total. The summed E-state index contributed by atoms with van der Waals surface area (Å²) >= 11 is 3.10. The normalized spacial score (nSPS) is 9.80. The van der Waals surface area contributed by atoms with Crippen LogP contribution in [-0.4, -0.2) is 24.2 Å². The van der Waals surface area contributed by atoms with Crippen LogP contribution in [0.2, 0.25) is 0 Å². The fourth-order valence-corrected chi connectivity index (χ4v) is 0.441. The summed E-state index contributed by atoms with van der Waals surface area (Å²) in [4.78, 5) is 10.5. The van der Waals surface area contributed by atoms with E-state index in [1.807, 2.05) is 0 Å². The summed E-state index contributed by atoms with van der Waals surface area (Å²) in [6.45, 7) is 2.09. The summed E-state index contributed by atoms with van der Waals surface area (Å²) in [7, 11) is 0. The van der Waals surface area contributed by atoms with Crippen molar-refractivity contribution in [2.75, 3.05) is 11.9 Å². The second-order valence-electron chi connectivity index (χ2n) is 1.30. The molecule has 0 aliphatic rings. The average molecular weight is 209 g/mol. The van der Waals surface area contributed by atoms with E-state index in [0.717, 1.165) is 0 Å². The van der Waals surface area contributed by atoms with Crippen LogP contribution in [0.4, 0.5) is 4.79 Å². The van der Waals surface area contributed by atoms with Gasteiger partial charge in [-0.15, -0.1) is 0 Å². The van der Waals surface area contributed by atoms with Crippen LogP contribution >= 0.6 is 15.9 Å². The van der Waals surface area contributed by atoms with Gasteiger partial charge in [-0.3, -0.25) is 0 Å². The number of hydrogen-bond acceptors (Lipinski definition) is 3. The van der Waals surface area contributed by atoms with Crippen molar-refractivity contribution in [1.29, 1.82) is 0 Å². The van der Waals surface area contributed by atoms with Crippen LogP contribution in [0.25, 0.3) is 0 Å². The molecule has 0 aromatic carbocycles. The molecule has 4 nitrogen and oxygen atoms in total. The molecule has 0 aliphatic heterocycles. The maximum Gasteiger partial charge on any atom is 0.427 e.